The number of anilines is 1. The Labute approximate surface area is 335 Å². The van der Waals surface area contributed by atoms with Gasteiger partial charge in [0, 0.05) is 16.5 Å². The number of thiazole rings is 1. The number of carboxylic acids is 1. The second kappa shape index (κ2) is 16.0. The van der Waals surface area contributed by atoms with Crippen LogP contribution in [0.2, 0.25) is 0 Å². The molecule has 3 aromatic carbocycles. The normalized spacial score (nSPS) is 17.5. The van der Waals surface area contributed by atoms with Gasteiger partial charge >= 0.3 is 11.9 Å². The first kappa shape index (κ1) is 39.7. The topological polar surface area (TPSA) is 160 Å². The minimum Gasteiger partial charge on any atom is -0.477 e. The molecule has 0 bridgehead atoms. The van der Waals surface area contributed by atoms with E-state index in [0.29, 0.717) is 16.5 Å². The quantitative estimate of drug-likeness (QED) is 0.0338. The predicted molar refractivity (Wildman–Crippen MR) is 216 cm³/mol. The number of esters is 1. The van der Waals surface area contributed by atoms with Gasteiger partial charge in [0.25, 0.3) is 11.8 Å². The second-order valence-corrected chi connectivity index (χ2v) is 16.8. The molecule has 0 spiro atoms. The molecule has 1 saturated heterocycles. The van der Waals surface area contributed by atoms with Crippen LogP contribution in [0.4, 0.5) is 5.13 Å². The number of carbonyl (C=O) groups excluding carboxylic acids is 3. The Morgan fingerprint density at radius 2 is 1.47 bits per heavy atom. The predicted octanol–water partition coefficient (Wildman–Crippen LogP) is 6.52. The Hall–Kier alpha value is -4.99. The molecule has 286 valence electrons. The van der Waals surface area contributed by atoms with Gasteiger partial charge in [-0.2, -0.15) is 0 Å². The van der Waals surface area contributed by atoms with E-state index in [9.17, 15) is 24.3 Å². The number of carbonyl (C=O) groups is 4. The van der Waals surface area contributed by atoms with Crippen LogP contribution in [0.3, 0.4) is 0 Å². The number of oxime groups is 1. The van der Waals surface area contributed by atoms with Gasteiger partial charge in [0.1, 0.15) is 33.9 Å². The first-order valence-corrected chi connectivity index (χ1v) is 20.4. The van der Waals surface area contributed by atoms with Gasteiger partial charge in [-0.25, -0.2) is 14.6 Å². The van der Waals surface area contributed by atoms with Crippen LogP contribution >= 0.6 is 39.0 Å². The Balaban J connectivity index is 1.37. The number of ether oxygens (including phenoxy) is 1. The van der Waals surface area contributed by atoms with Crippen LogP contribution in [0.15, 0.2) is 113 Å². The highest BCUT2D eigenvalue weighted by atomic mass is 79.9. The van der Waals surface area contributed by atoms with Gasteiger partial charge in [0.05, 0.1) is 0 Å². The fraction of sp³-hybridized carbons (Fsp3) is 0.300. The maximum Gasteiger partial charge on any atom is 0.353 e. The number of fused-ring (bicyclic) bond motifs is 1. The number of aromatic nitrogens is 1. The van der Waals surface area contributed by atoms with Crippen LogP contribution in [0.25, 0.3) is 0 Å². The van der Waals surface area contributed by atoms with Crippen molar-refractivity contribution < 1.29 is 33.9 Å². The fourth-order valence-corrected chi connectivity index (χ4v) is 9.00. The molecule has 3 N–H and O–H groups in total. The molecule has 2 atom stereocenters. The van der Waals surface area contributed by atoms with Crippen molar-refractivity contribution in [2.45, 2.75) is 62.8 Å². The third kappa shape index (κ3) is 8.19. The van der Waals surface area contributed by atoms with E-state index in [1.54, 1.807) is 26.2 Å². The third-order valence-corrected chi connectivity index (χ3v) is 11.6. The summed E-state index contributed by atoms with van der Waals surface area (Å²) in [5, 5.41) is 22.2. The summed E-state index contributed by atoms with van der Waals surface area (Å²) in [4.78, 5) is 64.5. The van der Waals surface area contributed by atoms with Gasteiger partial charge in [-0.3, -0.25) is 14.5 Å². The minimum atomic E-state index is -1.62. The molecule has 0 unspecified atom stereocenters. The fourth-order valence-electron chi connectivity index (χ4n) is 6.18. The van der Waals surface area contributed by atoms with Crippen molar-refractivity contribution in [2.24, 2.45) is 5.16 Å². The Morgan fingerprint density at radius 1 is 0.927 bits per heavy atom. The van der Waals surface area contributed by atoms with Crippen LogP contribution in [-0.2, 0) is 34.3 Å². The molecule has 2 aliphatic rings. The van der Waals surface area contributed by atoms with E-state index >= 15 is 0 Å². The van der Waals surface area contributed by atoms with E-state index in [0.717, 1.165) is 16.7 Å². The number of thioether (sulfide) groups is 1. The maximum absolute atomic E-state index is 14.2. The van der Waals surface area contributed by atoms with E-state index < -0.39 is 51.9 Å². The molecular formula is C40H40BrN5O7S2. The molecule has 6 rings (SSSR count). The van der Waals surface area contributed by atoms with Crippen molar-refractivity contribution in [1.29, 1.82) is 0 Å². The van der Waals surface area contributed by atoms with Gasteiger partial charge in [0.15, 0.2) is 10.8 Å². The zero-order chi connectivity index (χ0) is 39.5. The van der Waals surface area contributed by atoms with Gasteiger partial charge in [-0.15, -0.1) is 23.1 Å². The zero-order valence-electron chi connectivity index (χ0n) is 30.7. The Bertz CT molecular complexity index is 2040. The lowest BCUT2D eigenvalue weighted by atomic mass is 9.77. The summed E-state index contributed by atoms with van der Waals surface area (Å²) in [5.41, 5.74) is -0.253. The molecule has 1 aromatic heterocycles. The van der Waals surface area contributed by atoms with Crippen LogP contribution in [-0.4, -0.2) is 78.2 Å². The molecule has 0 radical (unpaired) electrons. The number of nitrogens with zero attached hydrogens (tertiary/aromatic N) is 3. The third-order valence-electron chi connectivity index (χ3n) is 8.83. The van der Waals surface area contributed by atoms with Gasteiger partial charge in [0.2, 0.25) is 5.60 Å². The van der Waals surface area contributed by atoms with Crippen molar-refractivity contribution in [1.82, 2.24) is 15.2 Å². The molecule has 12 nitrogen and oxygen atoms in total. The number of carboxylic acid groups (broad SMARTS) is 1. The maximum atomic E-state index is 14.2. The van der Waals surface area contributed by atoms with E-state index in [-0.39, 0.29) is 22.4 Å². The zero-order valence-corrected chi connectivity index (χ0v) is 34.0. The van der Waals surface area contributed by atoms with Crippen molar-refractivity contribution in [3.63, 3.8) is 0 Å². The molecule has 3 heterocycles. The van der Waals surface area contributed by atoms with E-state index in [2.05, 4.69) is 31.7 Å². The molecule has 15 heteroatoms. The molecular weight excluding hydrogens is 807 g/mol. The standard InChI is InChI=1S/C40H40BrN5O7S2/c1-38(2,3)52-36(51)39(4,5)53-45-29(32(47)43-30-33(48)46-31(35(49)50)24(21-41)22-54-34(30)46)28-23-55-37(42-28)44-40(25-15-9-6-10-16-25,26-17-11-7-12-18-26)27-19-13-8-14-20-27/h6-20,23,30,34H,21-22H2,1-5H3,(H,42,44)(H,43,47)(H,49,50)/b45-29-/t30-,34-/m1/s1. The number of alkyl halides is 1. The van der Waals surface area contributed by atoms with E-state index in [1.807, 2.05) is 91.0 Å². The number of aliphatic carboxylic acids is 1. The number of rotatable bonds is 13. The van der Waals surface area contributed by atoms with Crippen LogP contribution < -0.4 is 10.6 Å². The average molecular weight is 847 g/mol. The summed E-state index contributed by atoms with van der Waals surface area (Å²) >= 11 is 5.89. The van der Waals surface area contributed by atoms with Crippen molar-refractivity contribution >= 4 is 73.6 Å². The van der Waals surface area contributed by atoms with Crippen molar-refractivity contribution in [2.75, 3.05) is 16.4 Å². The summed E-state index contributed by atoms with van der Waals surface area (Å²) in [6, 6.07) is 28.8. The van der Waals surface area contributed by atoms with Crippen molar-refractivity contribution in [3.8, 4) is 0 Å². The molecule has 55 heavy (non-hydrogen) atoms. The molecule has 0 aliphatic carbocycles. The first-order valence-electron chi connectivity index (χ1n) is 17.3. The lowest BCUT2D eigenvalue weighted by Crippen LogP contribution is -2.71. The molecule has 1 fully saturated rings. The lowest BCUT2D eigenvalue weighted by molar-refractivity contribution is -0.179. The summed E-state index contributed by atoms with van der Waals surface area (Å²) in [6.07, 6.45) is 0. The Morgan fingerprint density at radius 3 is 1.96 bits per heavy atom. The van der Waals surface area contributed by atoms with Gasteiger partial charge < -0.3 is 25.3 Å². The van der Waals surface area contributed by atoms with Gasteiger partial charge in [-0.1, -0.05) is 112 Å². The number of nitrogens with one attached hydrogen (secondary N) is 2. The minimum absolute atomic E-state index is 0.0959. The number of halogens is 1. The van der Waals surface area contributed by atoms with Crippen molar-refractivity contribution in [3.05, 3.63) is 130 Å². The van der Waals surface area contributed by atoms with Crippen LogP contribution in [0, 0.1) is 0 Å². The monoisotopic (exact) mass is 845 g/mol. The molecule has 0 saturated carbocycles. The van der Waals surface area contributed by atoms with Crippen LogP contribution in [0.5, 0.6) is 0 Å². The molecule has 2 amide bonds. The number of hydrogen-bond donors (Lipinski definition) is 3. The van der Waals surface area contributed by atoms with Crippen LogP contribution in [0.1, 0.15) is 57.0 Å². The van der Waals surface area contributed by atoms with E-state index in [1.165, 1.54) is 41.8 Å². The second-order valence-electron chi connectivity index (χ2n) is 14.3. The number of amides is 2. The largest absolute Gasteiger partial charge is 0.477 e. The van der Waals surface area contributed by atoms with Gasteiger partial charge in [-0.05, 0) is 56.9 Å². The highest BCUT2D eigenvalue weighted by Crippen LogP contribution is 2.42. The summed E-state index contributed by atoms with van der Waals surface area (Å²) in [7, 11) is 0. The summed E-state index contributed by atoms with van der Waals surface area (Å²) in [5.74, 6) is -2.95. The highest BCUT2D eigenvalue weighted by molar-refractivity contribution is 9.09. The number of hydrogen-bond acceptors (Lipinski definition) is 11. The summed E-state index contributed by atoms with van der Waals surface area (Å²) in [6.45, 7) is 8.11. The average Bonchev–Trinajstić information content (AvgIpc) is 3.63. The smallest absolute Gasteiger partial charge is 0.353 e. The first-order chi connectivity index (χ1) is 26.2. The van der Waals surface area contributed by atoms with E-state index in [4.69, 9.17) is 14.6 Å². The number of β-lactam (4-membered cyclic amide) rings is 1. The number of benzene rings is 3. The highest BCUT2D eigenvalue weighted by Gasteiger charge is 2.54. The SMILES string of the molecule is CC(C)(C)OC(=O)C(C)(C)O/N=C(\C(=O)N[C@@H]1C(=O)N2C(C(=O)O)=C(CBr)CS[C@H]12)c1csc(NC(c2ccccc2)(c2ccccc2)c2ccccc2)n1. The molecule has 2 aliphatic heterocycles. The lowest BCUT2D eigenvalue weighted by Gasteiger charge is -2.49. The Kier molecular flexibility index (Phi) is 11.6. The molecule has 4 aromatic rings. The summed E-state index contributed by atoms with van der Waals surface area (Å²) < 4.78 is 5.53.